The van der Waals surface area contributed by atoms with Gasteiger partial charge in [0.15, 0.2) is 0 Å². The van der Waals surface area contributed by atoms with E-state index < -0.39 is 0 Å². The Morgan fingerprint density at radius 1 is 0.923 bits per heavy atom. The number of hydrogen-bond acceptors (Lipinski definition) is 1. The maximum absolute atomic E-state index is 5.92. The largest absolute Gasteiger partial charge is 0.326 e. The Bertz CT molecular complexity index is 131. The molecule has 0 spiro atoms. The van der Waals surface area contributed by atoms with Crippen molar-refractivity contribution in [2.75, 3.05) is 0 Å². The lowest BCUT2D eigenvalue weighted by Crippen LogP contribution is -2.31. The second-order valence-electron chi connectivity index (χ2n) is 5.71. The van der Waals surface area contributed by atoms with Gasteiger partial charge in [-0.1, -0.05) is 40.0 Å². The fraction of sp³-hybridized carbons (Fsp3) is 1.00. The fourth-order valence-corrected chi connectivity index (χ4v) is 1.36. The number of rotatable bonds is 6. The van der Waals surface area contributed by atoms with Crippen LogP contribution in [0.15, 0.2) is 0 Å². The van der Waals surface area contributed by atoms with Crippen LogP contribution in [-0.4, -0.2) is 5.54 Å². The maximum atomic E-state index is 5.92. The van der Waals surface area contributed by atoms with Crippen molar-refractivity contribution in [1.82, 2.24) is 0 Å². The minimum atomic E-state index is 0.0242. The van der Waals surface area contributed by atoms with Gasteiger partial charge in [-0.05, 0) is 32.1 Å². The van der Waals surface area contributed by atoms with Gasteiger partial charge in [0.25, 0.3) is 0 Å². The molecule has 0 amide bonds. The second-order valence-corrected chi connectivity index (χ2v) is 5.71. The summed E-state index contributed by atoms with van der Waals surface area (Å²) in [5.41, 5.74) is 6.47. The Morgan fingerprint density at radius 2 is 1.38 bits per heavy atom. The molecule has 0 heterocycles. The lowest BCUT2D eigenvalue weighted by molar-refractivity contribution is 0.301. The van der Waals surface area contributed by atoms with Crippen molar-refractivity contribution >= 4 is 0 Å². The molecule has 0 atom stereocenters. The summed E-state index contributed by atoms with van der Waals surface area (Å²) in [4.78, 5) is 0. The maximum Gasteiger partial charge on any atom is 0.00970 e. The third-order valence-electron chi connectivity index (χ3n) is 2.88. The van der Waals surface area contributed by atoms with E-state index in [4.69, 9.17) is 5.73 Å². The van der Waals surface area contributed by atoms with E-state index in [0.29, 0.717) is 5.41 Å². The number of nitrogens with two attached hydrogens (primary N) is 1. The number of hydrogen-bond donors (Lipinski definition) is 1. The van der Waals surface area contributed by atoms with Gasteiger partial charge in [0, 0.05) is 5.54 Å². The van der Waals surface area contributed by atoms with Gasteiger partial charge in [0.1, 0.15) is 0 Å². The molecule has 2 N–H and O–H groups in total. The van der Waals surface area contributed by atoms with E-state index in [2.05, 4.69) is 34.6 Å². The first kappa shape index (κ1) is 13.0. The van der Waals surface area contributed by atoms with Crippen LogP contribution in [0.5, 0.6) is 0 Å². The normalized spacial score (nSPS) is 13.4. The highest BCUT2D eigenvalue weighted by Gasteiger charge is 2.15. The summed E-state index contributed by atoms with van der Waals surface area (Å²) < 4.78 is 0. The van der Waals surface area contributed by atoms with Crippen LogP contribution < -0.4 is 5.73 Å². The summed E-state index contributed by atoms with van der Waals surface area (Å²) in [6.07, 6.45) is 6.35. The molecule has 0 unspecified atom stereocenters. The molecule has 1 heteroatoms. The van der Waals surface area contributed by atoms with Crippen LogP contribution in [0.4, 0.5) is 0 Å². The van der Waals surface area contributed by atoms with Crippen molar-refractivity contribution in [1.29, 1.82) is 0 Å². The molecule has 0 saturated heterocycles. The molecule has 0 aliphatic rings. The predicted octanol–water partition coefficient (Wildman–Crippen LogP) is 3.72. The fourth-order valence-electron chi connectivity index (χ4n) is 1.36. The molecule has 1 nitrogen and oxygen atoms in total. The molecule has 0 saturated carbocycles. The van der Waals surface area contributed by atoms with Crippen molar-refractivity contribution in [2.45, 2.75) is 72.3 Å². The first-order valence-electron chi connectivity index (χ1n) is 5.56. The molecule has 0 aliphatic heterocycles. The van der Waals surface area contributed by atoms with E-state index in [9.17, 15) is 0 Å². The molecular formula is C12H27N. The van der Waals surface area contributed by atoms with E-state index in [-0.39, 0.29) is 5.54 Å². The van der Waals surface area contributed by atoms with Gasteiger partial charge in [-0.3, -0.25) is 0 Å². The monoisotopic (exact) mass is 185 g/mol. The Morgan fingerprint density at radius 3 is 1.77 bits per heavy atom. The lowest BCUT2D eigenvalue weighted by Gasteiger charge is -2.23. The second kappa shape index (κ2) is 4.99. The molecule has 0 aromatic heterocycles. The Hall–Kier alpha value is -0.0400. The molecule has 0 aromatic rings. The van der Waals surface area contributed by atoms with E-state index in [0.717, 1.165) is 6.42 Å². The molecular weight excluding hydrogens is 158 g/mol. The third kappa shape index (κ3) is 8.29. The van der Waals surface area contributed by atoms with Crippen LogP contribution >= 0.6 is 0 Å². The standard InChI is InChI=1S/C12H27N/c1-6-11(2,3)9-7-8-10-12(4,5)13/h6-10,13H2,1-5H3. The smallest absolute Gasteiger partial charge is 0.00970 e. The van der Waals surface area contributed by atoms with Gasteiger partial charge in [0.2, 0.25) is 0 Å². The van der Waals surface area contributed by atoms with Gasteiger partial charge in [-0.2, -0.15) is 0 Å². The van der Waals surface area contributed by atoms with E-state index in [1.807, 2.05) is 0 Å². The summed E-state index contributed by atoms with van der Waals surface area (Å²) in [5, 5.41) is 0. The summed E-state index contributed by atoms with van der Waals surface area (Å²) >= 11 is 0. The van der Waals surface area contributed by atoms with Crippen LogP contribution in [0.2, 0.25) is 0 Å². The van der Waals surface area contributed by atoms with Crippen molar-refractivity contribution in [3.63, 3.8) is 0 Å². The zero-order chi connectivity index (χ0) is 10.5. The zero-order valence-corrected chi connectivity index (χ0v) is 10.1. The molecule has 13 heavy (non-hydrogen) atoms. The molecule has 0 aromatic carbocycles. The van der Waals surface area contributed by atoms with Gasteiger partial charge < -0.3 is 5.73 Å². The summed E-state index contributed by atoms with van der Waals surface area (Å²) in [6, 6.07) is 0. The quantitative estimate of drug-likeness (QED) is 0.627. The molecule has 0 aliphatic carbocycles. The molecule has 0 fully saturated rings. The van der Waals surface area contributed by atoms with Crippen molar-refractivity contribution in [3.05, 3.63) is 0 Å². The Balaban J connectivity index is 3.47. The average Bonchev–Trinajstić information content (AvgIpc) is 1.97. The van der Waals surface area contributed by atoms with Gasteiger partial charge in [-0.15, -0.1) is 0 Å². The van der Waals surface area contributed by atoms with Crippen molar-refractivity contribution < 1.29 is 0 Å². The molecule has 0 radical (unpaired) electrons. The van der Waals surface area contributed by atoms with Crippen LogP contribution in [0.1, 0.15) is 66.7 Å². The van der Waals surface area contributed by atoms with Gasteiger partial charge in [-0.25, -0.2) is 0 Å². The predicted molar refractivity (Wildman–Crippen MR) is 60.8 cm³/mol. The Kier molecular flexibility index (Phi) is 4.98. The van der Waals surface area contributed by atoms with E-state index in [1.54, 1.807) is 0 Å². The number of unbranched alkanes of at least 4 members (excludes halogenated alkanes) is 1. The Labute approximate surface area is 84.1 Å². The SMILES string of the molecule is CCC(C)(C)CCCCC(C)(C)N. The minimum Gasteiger partial charge on any atom is -0.326 e. The van der Waals surface area contributed by atoms with Crippen LogP contribution in [0, 0.1) is 5.41 Å². The average molecular weight is 185 g/mol. The zero-order valence-electron chi connectivity index (χ0n) is 10.1. The summed E-state index contributed by atoms with van der Waals surface area (Å²) in [6.45, 7) is 11.2. The van der Waals surface area contributed by atoms with Gasteiger partial charge in [0.05, 0.1) is 0 Å². The van der Waals surface area contributed by atoms with E-state index in [1.165, 1.54) is 25.7 Å². The highest BCUT2D eigenvalue weighted by Crippen LogP contribution is 2.27. The third-order valence-corrected chi connectivity index (χ3v) is 2.88. The first-order valence-corrected chi connectivity index (χ1v) is 5.56. The van der Waals surface area contributed by atoms with E-state index >= 15 is 0 Å². The first-order chi connectivity index (χ1) is 5.77. The molecule has 0 bridgehead atoms. The lowest BCUT2D eigenvalue weighted by atomic mass is 9.84. The van der Waals surface area contributed by atoms with Crippen LogP contribution in [0.3, 0.4) is 0 Å². The topological polar surface area (TPSA) is 26.0 Å². The van der Waals surface area contributed by atoms with Crippen molar-refractivity contribution in [3.8, 4) is 0 Å². The van der Waals surface area contributed by atoms with Crippen LogP contribution in [-0.2, 0) is 0 Å². The van der Waals surface area contributed by atoms with Crippen LogP contribution in [0.25, 0.3) is 0 Å². The summed E-state index contributed by atoms with van der Waals surface area (Å²) in [7, 11) is 0. The highest BCUT2D eigenvalue weighted by molar-refractivity contribution is 4.72. The van der Waals surface area contributed by atoms with Gasteiger partial charge >= 0.3 is 0 Å². The minimum absolute atomic E-state index is 0.0242. The van der Waals surface area contributed by atoms with Crippen molar-refractivity contribution in [2.24, 2.45) is 11.1 Å². The summed E-state index contributed by atoms with van der Waals surface area (Å²) in [5.74, 6) is 0. The highest BCUT2D eigenvalue weighted by atomic mass is 14.7. The molecule has 0 rings (SSSR count). The molecule has 80 valence electrons.